The zero-order valence-corrected chi connectivity index (χ0v) is 6.55. The Bertz CT molecular complexity index is 122. The molecule has 2 aliphatic rings. The van der Waals surface area contributed by atoms with Crippen LogP contribution in [0, 0.1) is 11.8 Å². The second-order valence-corrected chi connectivity index (χ2v) is 4.02. The normalized spacial score (nSPS) is 47.1. The van der Waals surface area contributed by atoms with Crippen LogP contribution in [0.1, 0.15) is 38.5 Å². The molecule has 2 N–H and O–H groups in total. The number of nitrogens with two attached hydrogens (primary N) is 1. The molecular formula is C9H17N. The molecule has 0 aromatic carbocycles. The predicted molar refractivity (Wildman–Crippen MR) is 42.7 cm³/mol. The first-order valence-electron chi connectivity index (χ1n) is 4.62. The van der Waals surface area contributed by atoms with E-state index in [1.54, 1.807) is 0 Å². The third-order valence-corrected chi connectivity index (χ3v) is 3.33. The lowest BCUT2D eigenvalue weighted by Crippen LogP contribution is -2.30. The van der Waals surface area contributed by atoms with Gasteiger partial charge < -0.3 is 5.73 Å². The van der Waals surface area contributed by atoms with Crippen molar-refractivity contribution in [2.45, 2.75) is 44.6 Å². The first-order chi connectivity index (χ1) is 4.86. The van der Waals surface area contributed by atoms with Crippen LogP contribution in [-0.2, 0) is 0 Å². The maximum atomic E-state index is 5.89. The molecule has 0 saturated heterocycles. The molecule has 1 heteroatoms. The van der Waals surface area contributed by atoms with Gasteiger partial charge in [-0.3, -0.25) is 0 Å². The van der Waals surface area contributed by atoms with E-state index in [1.807, 2.05) is 0 Å². The summed E-state index contributed by atoms with van der Waals surface area (Å²) >= 11 is 0. The van der Waals surface area contributed by atoms with Gasteiger partial charge in [-0.05, 0) is 31.1 Å². The van der Waals surface area contributed by atoms with Gasteiger partial charge in [0.2, 0.25) is 0 Å². The van der Waals surface area contributed by atoms with Crippen molar-refractivity contribution in [2.24, 2.45) is 17.6 Å². The third kappa shape index (κ3) is 1.07. The summed E-state index contributed by atoms with van der Waals surface area (Å²) in [5.74, 6) is 2.09. The lowest BCUT2D eigenvalue weighted by Gasteiger charge is -2.29. The van der Waals surface area contributed by atoms with Gasteiger partial charge in [-0.2, -0.15) is 0 Å². The van der Waals surface area contributed by atoms with Gasteiger partial charge >= 0.3 is 0 Å². The minimum absolute atomic E-state index is 0.541. The van der Waals surface area contributed by atoms with Gasteiger partial charge in [-0.25, -0.2) is 0 Å². The Balaban J connectivity index is 1.96. The summed E-state index contributed by atoms with van der Waals surface area (Å²) in [7, 11) is 0. The van der Waals surface area contributed by atoms with E-state index >= 15 is 0 Å². The van der Waals surface area contributed by atoms with Crippen molar-refractivity contribution in [1.82, 2.24) is 0 Å². The van der Waals surface area contributed by atoms with E-state index < -0.39 is 0 Å². The summed E-state index contributed by atoms with van der Waals surface area (Å²) in [6.07, 6.45) is 8.48. The van der Waals surface area contributed by atoms with Gasteiger partial charge in [0, 0.05) is 6.04 Å². The Morgan fingerprint density at radius 1 is 0.900 bits per heavy atom. The van der Waals surface area contributed by atoms with E-state index in [-0.39, 0.29) is 0 Å². The molecule has 0 aromatic rings. The number of rotatable bonds is 0. The van der Waals surface area contributed by atoms with Crippen LogP contribution in [-0.4, -0.2) is 6.04 Å². The highest BCUT2D eigenvalue weighted by Gasteiger charge is 2.32. The molecule has 0 amide bonds. The maximum absolute atomic E-state index is 5.89. The van der Waals surface area contributed by atoms with Crippen molar-refractivity contribution < 1.29 is 0 Å². The van der Waals surface area contributed by atoms with E-state index in [0.717, 1.165) is 11.8 Å². The molecule has 10 heavy (non-hydrogen) atoms. The Morgan fingerprint density at radius 3 is 2.60 bits per heavy atom. The van der Waals surface area contributed by atoms with Gasteiger partial charge in [0.25, 0.3) is 0 Å². The van der Waals surface area contributed by atoms with Crippen LogP contribution in [0.3, 0.4) is 0 Å². The Hall–Kier alpha value is -0.0400. The Morgan fingerprint density at radius 2 is 1.70 bits per heavy atom. The van der Waals surface area contributed by atoms with Crippen LogP contribution in [0.25, 0.3) is 0 Å². The predicted octanol–water partition coefficient (Wildman–Crippen LogP) is 1.91. The van der Waals surface area contributed by atoms with E-state index in [4.69, 9.17) is 5.73 Å². The molecular weight excluding hydrogens is 122 g/mol. The molecule has 0 aromatic heterocycles. The van der Waals surface area contributed by atoms with Crippen LogP contribution in [0.4, 0.5) is 0 Å². The fraction of sp³-hybridized carbons (Fsp3) is 1.00. The molecule has 2 aliphatic carbocycles. The largest absolute Gasteiger partial charge is 0.328 e. The molecule has 3 atom stereocenters. The minimum Gasteiger partial charge on any atom is -0.328 e. The van der Waals surface area contributed by atoms with Gasteiger partial charge in [0.1, 0.15) is 0 Å². The fourth-order valence-electron chi connectivity index (χ4n) is 2.74. The molecule has 1 nitrogen and oxygen atoms in total. The van der Waals surface area contributed by atoms with Crippen molar-refractivity contribution in [3.63, 3.8) is 0 Å². The van der Waals surface area contributed by atoms with Crippen LogP contribution in [0.15, 0.2) is 0 Å². The molecule has 0 spiro atoms. The molecule has 0 heterocycles. The van der Waals surface area contributed by atoms with Gasteiger partial charge in [-0.15, -0.1) is 0 Å². The number of fused-ring (bicyclic) bond motifs is 1. The maximum Gasteiger partial charge on any atom is 0.00416 e. The molecule has 2 fully saturated rings. The first-order valence-corrected chi connectivity index (χ1v) is 4.62. The number of hydrogen-bond acceptors (Lipinski definition) is 1. The Labute approximate surface area is 63.0 Å². The SMILES string of the molecule is N[C@@H]1CC[C@@H]2CCC[C@@H]2C1. The fourth-order valence-corrected chi connectivity index (χ4v) is 2.74. The summed E-state index contributed by atoms with van der Waals surface area (Å²) in [5, 5.41) is 0. The third-order valence-electron chi connectivity index (χ3n) is 3.33. The van der Waals surface area contributed by atoms with Crippen molar-refractivity contribution >= 4 is 0 Å². The second-order valence-electron chi connectivity index (χ2n) is 4.02. The second kappa shape index (κ2) is 2.54. The molecule has 0 radical (unpaired) electrons. The van der Waals surface area contributed by atoms with Gasteiger partial charge in [0.05, 0.1) is 0 Å². The molecule has 2 rings (SSSR count). The van der Waals surface area contributed by atoms with Crippen LogP contribution < -0.4 is 5.73 Å². The lowest BCUT2D eigenvalue weighted by molar-refractivity contribution is 0.251. The summed E-state index contributed by atoms with van der Waals surface area (Å²) in [5.41, 5.74) is 5.89. The average Bonchev–Trinajstić information content (AvgIpc) is 2.33. The molecule has 0 aliphatic heterocycles. The summed E-state index contributed by atoms with van der Waals surface area (Å²) in [6, 6.07) is 0.541. The zero-order valence-electron chi connectivity index (χ0n) is 6.55. The highest BCUT2D eigenvalue weighted by molar-refractivity contribution is 4.85. The smallest absolute Gasteiger partial charge is 0.00416 e. The highest BCUT2D eigenvalue weighted by atomic mass is 14.6. The zero-order chi connectivity index (χ0) is 6.97. The monoisotopic (exact) mass is 139 g/mol. The van der Waals surface area contributed by atoms with Crippen LogP contribution in [0.2, 0.25) is 0 Å². The molecule has 58 valence electrons. The van der Waals surface area contributed by atoms with E-state index in [9.17, 15) is 0 Å². The summed E-state index contributed by atoms with van der Waals surface area (Å²) < 4.78 is 0. The lowest BCUT2D eigenvalue weighted by atomic mass is 9.79. The van der Waals surface area contributed by atoms with Crippen molar-refractivity contribution in [3.05, 3.63) is 0 Å². The standard InChI is InChI=1S/C9H17N/c10-9-5-4-7-2-1-3-8(7)6-9/h7-9H,1-6,10H2/t7-,8+,9+/m0/s1. The van der Waals surface area contributed by atoms with Gasteiger partial charge in [-0.1, -0.05) is 19.3 Å². The summed E-state index contributed by atoms with van der Waals surface area (Å²) in [6.45, 7) is 0. The topological polar surface area (TPSA) is 26.0 Å². The Kier molecular flexibility index (Phi) is 1.69. The minimum atomic E-state index is 0.541. The van der Waals surface area contributed by atoms with Crippen LogP contribution in [0.5, 0.6) is 0 Å². The van der Waals surface area contributed by atoms with E-state index in [1.165, 1.54) is 38.5 Å². The number of hydrogen-bond donors (Lipinski definition) is 1. The summed E-state index contributed by atoms with van der Waals surface area (Å²) in [4.78, 5) is 0. The van der Waals surface area contributed by atoms with Crippen molar-refractivity contribution in [2.75, 3.05) is 0 Å². The average molecular weight is 139 g/mol. The van der Waals surface area contributed by atoms with Crippen molar-refractivity contribution in [3.8, 4) is 0 Å². The highest BCUT2D eigenvalue weighted by Crippen LogP contribution is 2.41. The van der Waals surface area contributed by atoms with Crippen LogP contribution >= 0.6 is 0 Å². The van der Waals surface area contributed by atoms with E-state index in [2.05, 4.69) is 0 Å². The van der Waals surface area contributed by atoms with E-state index in [0.29, 0.717) is 6.04 Å². The molecule has 0 bridgehead atoms. The van der Waals surface area contributed by atoms with Crippen molar-refractivity contribution in [1.29, 1.82) is 0 Å². The quantitative estimate of drug-likeness (QED) is 0.545. The molecule has 2 saturated carbocycles. The van der Waals surface area contributed by atoms with Gasteiger partial charge in [0.15, 0.2) is 0 Å². The first kappa shape index (κ1) is 6.66. The molecule has 0 unspecified atom stereocenters.